The Morgan fingerprint density at radius 2 is 1.53 bits per heavy atom. The van der Waals surface area contributed by atoms with Crippen LogP contribution < -0.4 is 0 Å². The fourth-order valence-electron chi connectivity index (χ4n) is 6.10. The molecule has 3 aromatic carbocycles. The third-order valence-electron chi connectivity index (χ3n) is 7.63. The zero-order valence-electron chi connectivity index (χ0n) is 18.9. The van der Waals surface area contributed by atoms with Gasteiger partial charge in [0.1, 0.15) is 11.5 Å². The van der Waals surface area contributed by atoms with Crippen LogP contribution in [0.1, 0.15) is 68.8 Å². The van der Waals surface area contributed by atoms with E-state index in [0.29, 0.717) is 0 Å². The van der Waals surface area contributed by atoms with Gasteiger partial charge in [0.15, 0.2) is 0 Å². The van der Waals surface area contributed by atoms with Crippen LogP contribution in [0.25, 0.3) is 38.7 Å². The first-order valence-electron chi connectivity index (χ1n) is 11.8. The third-order valence-corrected chi connectivity index (χ3v) is 7.63. The summed E-state index contributed by atoms with van der Waals surface area (Å²) in [7, 11) is 0. The summed E-state index contributed by atoms with van der Waals surface area (Å²) in [5, 5.41) is 1.12. The van der Waals surface area contributed by atoms with Crippen LogP contribution >= 0.6 is 0 Å². The van der Waals surface area contributed by atoms with E-state index >= 15 is 0 Å². The Labute approximate surface area is 188 Å². The SMILES string of the molecule is CC(C)(C)c1nc2cc(-c3ccccc3)ccc2c2nc3cc4c(cc3n12)C1CCC4C1. The summed E-state index contributed by atoms with van der Waals surface area (Å²) >= 11 is 0. The van der Waals surface area contributed by atoms with Gasteiger partial charge in [-0.3, -0.25) is 4.40 Å². The summed E-state index contributed by atoms with van der Waals surface area (Å²) in [5.74, 6) is 2.57. The molecule has 32 heavy (non-hydrogen) atoms. The number of hydrogen-bond acceptors (Lipinski definition) is 2. The molecule has 1 fully saturated rings. The highest BCUT2D eigenvalue weighted by Gasteiger charge is 2.37. The number of imidazole rings is 1. The fourth-order valence-corrected chi connectivity index (χ4v) is 6.10. The molecule has 0 radical (unpaired) electrons. The standard InChI is InChI=1S/C29H27N3/c1-29(2,3)28-31-24-14-18(17-7-5-4-6-8-17)11-12-21(24)27-30-25-15-22-19-9-10-20(13-19)23(22)16-26(25)32(27)28/h4-8,11-12,14-16,19-20H,9-10,13H2,1-3H3. The van der Waals surface area contributed by atoms with Gasteiger partial charge in [0, 0.05) is 10.8 Å². The van der Waals surface area contributed by atoms with Gasteiger partial charge in [0.25, 0.3) is 0 Å². The predicted molar refractivity (Wildman–Crippen MR) is 131 cm³/mol. The van der Waals surface area contributed by atoms with Gasteiger partial charge in [-0.2, -0.15) is 0 Å². The van der Waals surface area contributed by atoms with Gasteiger partial charge < -0.3 is 0 Å². The maximum absolute atomic E-state index is 5.25. The quantitative estimate of drug-likeness (QED) is 0.285. The molecule has 2 heterocycles. The highest BCUT2D eigenvalue weighted by atomic mass is 15.1. The molecule has 0 aliphatic heterocycles. The topological polar surface area (TPSA) is 30.2 Å². The third kappa shape index (κ3) is 2.48. The summed E-state index contributed by atoms with van der Waals surface area (Å²) < 4.78 is 2.34. The molecular weight excluding hydrogens is 390 g/mol. The molecule has 0 saturated heterocycles. The Balaban J connectivity index is 1.56. The maximum Gasteiger partial charge on any atom is 0.148 e. The summed E-state index contributed by atoms with van der Waals surface area (Å²) in [6, 6.07) is 22.0. The lowest BCUT2D eigenvalue weighted by Gasteiger charge is -2.21. The summed E-state index contributed by atoms with van der Waals surface area (Å²) in [4.78, 5) is 10.5. The van der Waals surface area contributed by atoms with E-state index in [1.165, 1.54) is 35.9 Å². The fraction of sp³-hybridized carbons (Fsp3) is 0.310. The second-order valence-corrected chi connectivity index (χ2v) is 10.7. The van der Waals surface area contributed by atoms with Crippen molar-refractivity contribution in [2.24, 2.45) is 0 Å². The van der Waals surface area contributed by atoms with Crippen molar-refractivity contribution in [2.45, 2.75) is 57.3 Å². The minimum absolute atomic E-state index is 0.0964. The van der Waals surface area contributed by atoms with Gasteiger partial charge >= 0.3 is 0 Å². The normalized spacial score (nSPS) is 20.0. The molecule has 2 aliphatic carbocycles. The highest BCUT2D eigenvalue weighted by molar-refractivity contribution is 5.98. The van der Waals surface area contributed by atoms with Gasteiger partial charge in [-0.25, -0.2) is 9.97 Å². The first-order chi connectivity index (χ1) is 15.5. The molecule has 2 bridgehead atoms. The van der Waals surface area contributed by atoms with Gasteiger partial charge in [-0.1, -0.05) is 57.2 Å². The molecule has 7 rings (SSSR count). The van der Waals surface area contributed by atoms with Crippen LogP contribution in [0.2, 0.25) is 0 Å². The average molecular weight is 418 g/mol. The second kappa shape index (κ2) is 6.19. The van der Waals surface area contributed by atoms with Crippen LogP contribution in [0.4, 0.5) is 0 Å². The lowest BCUT2D eigenvalue weighted by molar-refractivity contribution is 0.542. The van der Waals surface area contributed by atoms with E-state index in [-0.39, 0.29) is 5.41 Å². The van der Waals surface area contributed by atoms with Crippen molar-refractivity contribution in [1.82, 2.24) is 14.4 Å². The Morgan fingerprint density at radius 3 is 2.28 bits per heavy atom. The van der Waals surface area contributed by atoms with E-state index in [1.807, 2.05) is 0 Å². The van der Waals surface area contributed by atoms with E-state index in [4.69, 9.17) is 9.97 Å². The van der Waals surface area contributed by atoms with Crippen molar-refractivity contribution >= 4 is 27.6 Å². The molecule has 2 atom stereocenters. The molecule has 2 aromatic heterocycles. The number of hydrogen-bond donors (Lipinski definition) is 0. The van der Waals surface area contributed by atoms with Crippen molar-refractivity contribution in [2.75, 3.05) is 0 Å². The molecule has 3 nitrogen and oxygen atoms in total. The summed E-state index contributed by atoms with van der Waals surface area (Å²) in [6.07, 6.45) is 4.02. The van der Waals surface area contributed by atoms with Crippen molar-refractivity contribution in [1.29, 1.82) is 0 Å². The average Bonchev–Trinajstić information content (AvgIpc) is 3.50. The molecule has 2 unspecified atom stereocenters. The number of fused-ring (bicyclic) bond motifs is 10. The first kappa shape index (κ1) is 18.4. The first-order valence-corrected chi connectivity index (χ1v) is 11.8. The van der Waals surface area contributed by atoms with Crippen LogP contribution in [0.5, 0.6) is 0 Å². The number of benzene rings is 3. The van der Waals surface area contributed by atoms with Gasteiger partial charge in [-0.15, -0.1) is 0 Å². The van der Waals surface area contributed by atoms with Crippen molar-refractivity contribution in [3.8, 4) is 11.1 Å². The minimum atomic E-state index is -0.0964. The van der Waals surface area contributed by atoms with Crippen molar-refractivity contribution in [3.63, 3.8) is 0 Å². The van der Waals surface area contributed by atoms with Gasteiger partial charge in [-0.05, 0) is 77.6 Å². The Hall–Kier alpha value is -3.20. The van der Waals surface area contributed by atoms with Crippen molar-refractivity contribution in [3.05, 3.63) is 77.6 Å². The molecule has 0 spiro atoms. The Kier molecular flexibility index (Phi) is 3.55. The molecule has 1 saturated carbocycles. The van der Waals surface area contributed by atoms with Crippen LogP contribution in [-0.4, -0.2) is 14.4 Å². The number of nitrogens with zero attached hydrogens (tertiary/aromatic N) is 3. The van der Waals surface area contributed by atoms with E-state index < -0.39 is 0 Å². The molecule has 3 heteroatoms. The minimum Gasteiger partial charge on any atom is -0.279 e. The van der Waals surface area contributed by atoms with Crippen molar-refractivity contribution < 1.29 is 0 Å². The van der Waals surface area contributed by atoms with E-state index in [0.717, 1.165) is 39.7 Å². The lowest BCUT2D eigenvalue weighted by atomic mass is 9.91. The molecular formula is C29H27N3. The zero-order valence-corrected chi connectivity index (χ0v) is 18.9. The predicted octanol–water partition coefficient (Wildman–Crippen LogP) is 7.36. The molecule has 2 aliphatic rings. The Morgan fingerprint density at radius 1 is 0.781 bits per heavy atom. The smallest absolute Gasteiger partial charge is 0.148 e. The molecule has 0 amide bonds. The Bertz CT molecular complexity index is 1540. The number of rotatable bonds is 1. The van der Waals surface area contributed by atoms with Gasteiger partial charge in [0.2, 0.25) is 0 Å². The summed E-state index contributed by atoms with van der Waals surface area (Å²) in [5.41, 5.74) is 9.82. The summed E-state index contributed by atoms with van der Waals surface area (Å²) in [6.45, 7) is 6.76. The van der Waals surface area contributed by atoms with E-state index in [9.17, 15) is 0 Å². The van der Waals surface area contributed by atoms with Crippen LogP contribution in [0.15, 0.2) is 60.7 Å². The number of aromatic nitrogens is 3. The lowest BCUT2D eigenvalue weighted by Crippen LogP contribution is -2.19. The highest BCUT2D eigenvalue weighted by Crippen LogP contribution is 2.54. The maximum atomic E-state index is 5.25. The largest absolute Gasteiger partial charge is 0.279 e. The molecule has 0 N–H and O–H groups in total. The molecule has 158 valence electrons. The second-order valence-electron chi connectivity index (χ2n) is 10.7. The van der Waals surface area contributed by atoms with E-state index in [2.05, 4.69) is 85.8 Å². The monoisotopic (exact) mass is 417 g/mol. The van der Waals surface area contributed by atoms with Crippen LogP contribution in [0.3, 0.4) is 0 Å². The zero-order chi connectivity index (χ0) is 21.6. The van der Waals surface area contributed by atoms with Crippen LogP contribution in [-0.2, 0) is 5.41 Å². The van der Waals surface area contributed by atoms with E-state index in [1.54, 1.807) is 11.1 Å². The van der Waals surface area contributed by atoms with Crippen LogP contribution in [0, 0.1) is 0 Å². The van der Waals surface area contributed by atoms with Gasteiger partial charge in [0.05, 0.1) is 16.6 Å². The molecule has 5 aromatic rings.